The Morgan fingerprint density at radius 3 is 2.30 bits per heavy atom. The number of hydrogen-bond donors (Lipinski definition) is 1. The first-order valence-corrected chi connectivity index (χ1v) is 8.89. The molecule has 1 amide bonds. The van der Waals surface area contributed by atoms with Gasteiger partial charge in [0.05, 0.1) is 16.6 Å². The largest absolute Gasteiger partial charge is 0.324 e. The quantitative estimate of drug-likeness (QED) is 0.414. The molecule has 6 nitrogen and oxygen atoms in total. The lowest BCUT2D eigenvalue weighted by Crippen LogP contribution is -2.36. The van der Waals surface area contributed by atoms with E-state index in [1.54, 1.807) is 30.3 Å². The molecule has 2 aromatic rings. The lowest BCUT2D eigenvalue weighted by molar-refractivity contribution is -0.484. The van der Waals surface area contributed by atoms with Gasteiger partial charge in [0.25, 0.3) is 0 Å². The highest BCUT2D eigenvalue weighted by Crippen LogP contribution is 2.30. The smallest absolute Gasteiger partial charge is 0.235 e. The number of benzene rings is 2. The van der Waals surface area contributed by atoms with E-state index in [0.717, 1.165) is 5.56 Å². The van der Waals surface area contributed by atoms with Crippen molar-refractivity contribution >= 4 is 40.6 Å². The molecular weight excluding hydrogens is 391 g/mol. The van der Waals surface area contributed by atoms with Crippen molar-refractivity contribution in [2.24, 2.45) is 5.92 Å². The van der Waals surface area contributed by atoms with Gasteiger partial charge in [-0.15, -0.1) is 0 Å². The Morgan fingerprint density at radius 2 is 1.78 bits per heavy atom. The average Bonchev–Trinajstić information content (AvgIpc) is 2.57. The van der Waals surface area contributed by atoms with E-state index in [9.17, 15) is 19.7 Å². The van der Waals surface area contributed by atoms with Crippen molar-refractivity contribution in [3.8, 4) is 0 Å². The Labute approximate surface area is 166 Å². The van der Waals surface area contributed by atoms with Crippen molar-refractivity contribution in [1.29, 1.82) is 0 Å². The first-order chi connectivity index (χ1) is 12.7. The minimum absolute atomic E-state index is 0.208. The van der Waals surface area contributed by atoms with Gasteiger partial charge in [0.1, 0.15) is 11.7 Å². The number of amides is 1. The van der Waals surface area contributed by atoms with E-state index in [4.69, 9.17) is 23.2 Å². The number of rotatable bonds is 7. The normalized spacial score (nSPS) is 12.9. The first kappa shape index (κ1) is 20.9. The topological polar surface area (TPSA) is 89.3 Å². The summed E-state index contributed by atoms with van der Waals surface area (Å²) in [7, 11) is 0. The molecule has 0 aliphatic carbocycles. The highest BCUT2D eigenvalue weighted by molar-refractivity contribution is 6.36. The molecule has 142 valence electrons. The number of Topliss-reactive ketones (excluding diaryl/α,β-unsaturated/α-hetero) is 1. The predicted octanol–water partition coefficient (Wildman–Crippen LogP) is 4.51. The third kappa shape index (κ3) is 5.52. The van der Waals surface area contributed by atoms with Gasteiger partial charge in [0, 0.05) is 9.95 Å². The van der Waals surface area contributed by atoms with Crippen LogP contribution in [0.1, 0.15) is 24.0 Å². The number of carbonyl (C=O) groups is 2. The van der Waals surface area contributed by atoms with Crippen LogP contribution in [0.4, 0.5) is 5.69 Å². The Morgan fingerprint density at radius 1 is 1.15 bits per heavy atom. The fourth-order valence-corrected chi connectivity index (χ4v) is 3.29. The molecule has 0 saturated carbocycles. The van der Waals surface area contributed by atoms with Gasteiger partial charge in [-0.2, -0.15) is 0 Å². The molecule has 0 heterocycles. The summed E-state index contributed by atoms with van der Waals surface area (Å²) in [5.74, 6) is -3.25. The summed E-state index contributed by atoms with van der Waals surface area (Å²) in [6.45, 7) is 2.58. The number of ketones is 1. The van der Waals surface area contributed by atoms with Crippen LogP contribution in [0.25, 0.3) is 0 Å². The highest BCUT2D eigenvalue weighted by Gasteiger charge is 2.37. The van der Waals surface area contributed by atoms with Crippen molar-refractivity contribution in [2.75, 3.05) is 11.9 Å². The zero-order valence-electron chi connectivity index (χ0n) is 14.7. The first-order valence-electron chi connectivity index (χ1n) is 8.13. The summed E-state index contributed by atoms with van der Waals surface area (Å²) in [6, 6.07) is 11.5. The summed E-state index contributed by atoms with van der Waals surface area (Å²) in [5.41, 5.74) is 1.80. The van der Waals surface area contributed by atoms with Crippen LogP contribution in [-0.2, 0) is 9.59 Å². The van der Waals surface area contributed by atoms with Crippen LogP contribution in [-0.4, -0.2) is 23.2 Å². The van der Waals surface area contributed by atoms with E-state index < -0.39 is 35.0 Å². The van der Waals surface area contributed by atoms with Gasteiger partial charge in [-0.25, -0.2) is 0 Å². The lowest BCUT2D eigenvalue weighted by Gasteiger charge is -2.22. The Hall–Kier alpha value is -2.44. The SMILES string of the molecule is CC(=O)C(C(=O)Nc1ccc(Cl)cc1Cl)C(C[N+](=O)[O-])c1ccc(C)cc1. The van der Waals surface area contributed by atoms with Gasteiger partial charge >= 0.3 is 0 Å². The number of halogens is 2. The van der Waals surface area contributed by atoms with Gasteiger partial charge in [0.15, 0.2) is 0 Å². The Kier molecular flexibility index (Phi) is 6.93. The predicted molar refractivity (Wildman–Crippen MR) is 105 cm³/mol. The van der Waals surface area contributed by atoms with Crippen molar-refractivity contribution in [3.05, 3.63) is 73.8 Å². The van der Waals surface area contributed by atoms with Crippen LogP contribution in [0.2, 0.25) is 10.0 Å². The zero-order chi connectivity index (χ0) is 20.1. The van der Waals surface area contributed by atoms with Crippen molar-refractivity contribution < 1.29 is 14.5 Å². The van der Waals surface area contributed by atoms with E-state index in [1.165, 1.54) is 19.1 Å². The summed E-state index contributed by atoms with van der Waals surface area (Å²) in [6.07, 6.45) is 0. The average molecular weight is 409 g/mol. The number of anilines is 1. The van der Waals surface area contributed by atoms with Crippen molar-refractivity contribution in [2.45, 2.75) is 19.8 Å². The maximum Gasteiger partial charge on any atom is 0.235 e. The van der Waals surface area contributed by atoms with Crippen LogP contribution >= 0.6 is 23.2 Å². The van der Waals surface area contributed by atoms with Crippen LogP contribution in [0.15, 0.2) is 42.5 Å². The second-order valence-corrected chi connectivity index (χ2v) is 7.08. The maximum atomic E-state index is 12.8. The molecule has 0 aliphatic rings. The van der Waals surface area contributed by atoms with Crippen LogP contribution in [0.3, 0.4) is 0 Å². The number of aryl methyl sites for hydroxylation is 1. The highest BCUT2D eigenvalue weighted by atomic mass is 35.5. The molecule has 0 aliphatic heterocycles. The molecule has 0 fully saturated rings. The lowest BCUT2D eigenvalue weighted by atomic mass is 9.82. The molecular formula is C19H18Cl2N2O4. The molecule has 27 heavy (non-hydrogen) atoms. The van der Waals surface area contributed by atoms with E-state index in [2.05, 4.69) is 5.32 Å². The fourth-order valence-electron chi connectivity index (χ4n) is 2.83. The van der Waals surface area contributed by atoms with Crippen LogP contribution in [0.5, 0.6) is 0 Å². The number of hydrogen-bond acceptors (Lipinski definition) is 4. The number of carbonyl (C=O) groups excluding carboxylic acids is 2. The fraction of sp³-hybridized carbons (Fsp3) is 0.263. The van der Waals surface area contributed by atoms with Crippen LogP contribution in [0, 0.1) is 23.0 Å². The van der Waals surface area contributed by atoms with Crippen molar-refractivity contribution in [1.82, 2.24) is 0 Å². The van der Waals surface area contributed by atoms with Gasteiger partial charge in [-0.1, -0.05) is 53.0 Å². The molecule has 1 N–H and O–H groups in total. The minimum atomic E-state index is -1.23. The molecule has 2 rings (SSSR count). The van der Waals surface area contributed by atoms with Crippen LogP contribution < -0.4 is 5.32 Å². The molecule has 0 spiro atoms. The molecule has 2 aromatic carbocycles. The van der Waals surface area contributed by atoms with Gasteiger partial charge in [-0.3, -0.25) is 19.7 Å². The maximum absolute atomic E-state index is 12.8. The standard InChI is InChI=1S/C19H18Cl2N2O4/c1-11-3-5-13(6-4-11)15(10-23(26)27)18(12(2)24)19(25)22-17-8-7-14(20)9-16(17)21/h3-9,15,18H,10H2,1-2H3,(H,22,25). The summed E-state index contributed by atoms with van der Waals surface area (Å²) >= 11 is 11.9. The Bertz CT molecular complexity index is 869. The third-order valence-corrected chi connectivity index (χ3v) is 4.71. The zero-order valence-corrected chi connectivity index (χ0v) is 16.3. The monoisotopic (exact) mass is 408 g/mol. The molecule has 8 heteroatoms. The molecule has 0 radical (unpaired) electrons. The second-order valence-electron chi connectivity index (χ2n) is 6.23. The summed E-state index contributed by atoms with van der Waals surface area (Å²) in [5, 5.41) is 14.4. The molecule has 0 bridgehead atoms. The number of nitrogens with one attached hydrogen (secondary N) is 1. The molecule has 2 unspecified atom stereocenters. The van der Waals surface area contributed by atoms with Crippen molar-refractivity contribution in [3.63, 3.8) is 0 Å². The number of nitrogens with zero attached hydrogens (tertiary/aromatic N) is 1. The molecule has 2 atom stereocenters. The minimum Gasteiger partial charge on any atom is -0.324 e. The van der Waals surface area contributed by atoms with Gasteiger partial charge in [-0.05, 0) is 37.6 Å². The molecule has 0 aromatic heterocycles. The molecule has 0 saturated heterocycles. The van der Waals surface area contributed by atoms with Gasteiger partial charge in [0.2, 0.25) is 12.5 Å². The Balaban J connectivity index is 2.38. The summed E-state index contributed by atoms with van der Waals surface area (Å²) < 4.78 is 0. The van der Waals surface area contributed by atoms with E-state index >= 15 is 0 Å². The number of nitro groups is 1. The van der Waals surface area contributed by atoms with E-state index in [1.807, 2.05) is 6.92 Å². The summed E-state index contributed by atoms with van der Waals surface area (Å²) in [4.78, 5) is 35.7. The van der Waals surface area contributed by atoms with E-state index in [-0.39, 0.29) is 10.7 Å². The van der Waals surface area contributed by atoms with Gasteiger partial charge < -0.3 is 5.32 Å². The second kappa shape index (κ2) is 8.97. The third-order valence-electron chi connectivity index (χ3n) is 4.16. The van der Waals surface area contributed by atoms with E-state index in [0.29, 0.717) is 10.6 Å².